The monoisotopic (exact) mass is 549 g/mol. The molecule has 0 atom stereocenters. The fraction of sp³-hybridized carbons (Fsp3) is 0.217. The maximum absolute atomic E-state index is 12.3. The van der Waals surface area contributed by atoms with Gasteiger partial charge in [-0.1, -0.05) is 12.1 Å². The summed E-state index contributed by atoms with van der Waals surface area (Å²) in [7, 11) is -3.40. The number of urea groups is 1. The number of hydrogen-bond acceptors (Lipinski definition) is 6. The molecule has 11 nitrogen and oxygen atoms in total. The molecule has 0 aliphatic carbocycles. The van der Waals surface area contributed by atoms with Gasteiger partial charge in [0.1, 0.15) is 12.2 Å². The normalized spacial score (nSPS) is 12.0. The summed E-state index contributed by atoms with van der Waals surface area (Å²) in [5.41, 5.74) is 2.93. The van der Waals surface area contributed by atoms with Gasteiger partial charge in [0, 0.05) is 35.6 Å². The fourth-order valence-corrected chi connectivity index (χ4v) is 4.03. The van der Waals surface area contributed by atoms with Gasteiger partial charge in [0.2, 0.25) is 10.0 Å². The summed E-state index contributed by atoms with van der Waals surface area (Å²) in [5, 5.41) is 8.45. The van der Waals surface area contributed by atoms with Crippen molar-refractivity contribution >= 4 is 27.4 Å². The molecule has 0 bridgehead atoms. The van der Waals surface area contributed by atoms with E-state index < -0.39 is 28.8 Å². The zero-order valence-corrected chi connectivity index (χ0v) is 20.7. The van der Waals surface area contributed by atoms with Crippen molar-refractivity contribution in [2.75, 3.05) is 24.7 Å². The standard InChI is InChI=1S/C23H22F3N7O4S/c1-38(36,37)29-8-10-33-21(34)6-5-18(31-33)15-7-9-32-19(13-27-20(32)12-15)16-3-2-4-17(11-16)30-22(35)28-14-23(24,25)26/h2-7,9,11-13,29H,8,10,14H2,1H3,(H2,28,30,35). The molecule has 3 aromatic heterocycles. The molecule has 1 aromatic carbocycles. The molecule has 0 aliphatic rings. The smallest absolute Gasteiger partial charge is 0.329 e. The molecule has 200 valence electrons. The van der Waals surface area contributed by atoms with Crippen molar-refractivity contribution in [2.45, 2.75) is 12.7 Å². The second kappa shape index (κ2) is 10.6. The zero-order chi connectivity index (χ0) is 27.5. The lowest BCUT2D eigenvalue weighted by Crippen LogP contribution is -2.36. The van der Waals surface area contributed by atoms with Gasteiger partial charge in [-0.25, -0.2) is 27.6 Å². The summed E-state index contributed by atoms with van der Waals surface area (Å²) in [6, 6.07) is 12.0. The Labute approximate surface area is 214 Å². The van der Waals surface area contributed by atoms with E-state index in [1.54, 1.807) is 64.6 Å². The van der Waals surface area contributed by atoms with Gasteiger partial charge in [-0.15, -0.1) is 0 Å². The lowest BCUT2D eigenvalue weighted by atomic mass is 10.1. The summed E-state index contributed by atoms with van der Waals surface area (Å²) in [4.78, 5) is 28.3. The third kappa shape index (κ3) is 6.95. The summed E-state index contributed by atoms with van der Waals surface area (Å²) in [6.45, 7) is -1.39. The highest BCUT2D eigenvalue weighted by atomic mass is 32.2. The van der Waals surface area contributed by atoms with E-state index in [1.807, 2.05) is 0 Å². The second-order valence-corrected chi connectivity index (χ2v) is 10.1. The van der Waals surface area contributed by atoms with Gasteiger partial charge in [-0.3, -0.25) is 9.20 Å². The van der Waals surface area contributed by atoms with Gasteiger partial charge in [0.15, 0.2) is 0 Å². The van der Waals surface area contributed by atoms with Crippen molar-refractivity contribution in [1.82, 2.24) is 29.2 Å². The molecule has 0 unspecified atom stereocenters. The van der Waals surface area contributed by atoms with Gasteiger partial charge >= 0.3 is 12.2 Å². The van der Waals surface area contributed by atoms with Crippen LogP contribution in [0.5, 0.6) is 0 Å². The quantitative estimate of drug-likeness (QED) is 0.309. The van der Waals surface area contributed by atoms with Crippen molar-refractivity contribution in [3.8, 4) is 22.5 Å². The number of carbonyl (C=O) groups is 1. The number of benzene rings is 1. The average molecular weight is 550 g/mol. The Morgan fingerprint density at radius 2 is 1.87 bits per heavy atom. The second-order valence-electron chi connectivity index (χ2n) is 8.24. The van der Waals surface area contributed by atoms with E-state index in [0.717, 1.165) is 10.9 Å². The van der Waals surface area contributed by atoms with Gasteiger partial charge in [-0.05, 0) is 30.3 Å². The van der Waals surface area contributed by atoms with Crippen molar-refractivity contribution in [3.63, 3.8) is 0 Å². The predicted molar refractivity (Wildman–Crippen MR) is 134 cm³/mol. The Hall–Kier alpha value is -4.24. The van der Waals surface area contributed by atoms with Gasteiger partial charge < -0.3 is 10.6 Å². The number of hydrogen-bond donors (Lipinski definition) is 3. The molecule has 0 fully saturated rings. The molecule has 38 heavy (non-hydrogen) atoms. The van der Waals surface area contributed by atoms with Crippen LogP contribution in [0, 0.1) is 0 Å². The third-order valence-electron chi connectivity index (χ3n) is 5.23. The fourth-order valence-electron chi connectivity index (χ4n) is 3.57. The predicted octanol–water partition coefficient (Wildman–Crippen LogP) is 2.46. The number of nitrogens with zero attached hydrogens (tertiary/aromatic N) is 4. The Bertz CT molecular complexity index is 1650. The van der Waals surface area contributed by atoms with Crippen LogP contribution in [0.2, 0.25) is 0 Å². The highest BCUT2D eigenvalue weighted by molar-refractivity contribution is 7.88. The lowest BCUT2D eigenvalue weighted by molar-refractivity contribution is -0.122. The summed E-state index contributed by atoms with van der Waals surface area (Å²) < 4.78 is 64.7. The number of nitrogens with one attached hydrogen (secondary N) is 3. The van der Waals surface area contributed by atoms with E-state index in [-0.39, 0.29) is 18.6 Å². The number of amides is 2. The summed E-state index contributed by atoms with van der Waals surface area (Å²) >= 11 is 0. The molecule has 0 radical (unpaired) electrons. The minimum Gasteiger partial charge on any atom is -0.329 e. The highest BCUT2D eigenvalue weighted by Crippen LogP contribution is 2.26. The Kier molecular flexibility index (Phi) is 7.50. The van der Waals surface area contributed by atoms with E-state index in [0.29, 0.717) is 33.8 Å². The number of fused-ring (bicyclic) bond motifs is 1. The van der Waals surface area contributed by atoms with E-state index in [2.05, 4.69) is 20.1 Å². The highest BCUT2D eigenvalue weighted by Gasteiger charge is 2.27. The average Bonchev–Trinajstić information content (AvgIpc) is 3.26. The Morgan fingerprint density at radius 1 is 1.08 bits per heavy atom. The Balaban J connectivity index is 1.54. The van der Waals surface area contributed by atoms with Crippen molar-refractivity contribution in [3.05, 3.63) is 71.3 Å². The molecule has 0 saturated heterocycles. The first-order valence-electron chi connectivity index (χ1n) is 11.1. The maximum Gasteiger partial charge on any atom is 0.405 e. The van der Waals surface area contributed by atoms with Crippen LogP contribution in [0.25, 0.3) is 28.2 Å². The topological polar surface area (TPSA) is 139 Å². The number of rotatable bonds is 8. The number of aromatic nitrogens is 4. The molecule has 3 heterocycles. The third-order valence-corrected chi connectivity index (χ3v) is 5.96. The van der Waals surface area contributed by atoms with Crippen LogP contribution in [-0.4, -0.2) is 59.1 Å². The number of alkyl halides is 3. The number of anilines is 1. The molecule has 4 rings (SSSR count). The van der Waals surface area contributed by atoms with Crippen LogP contribution in [-0.2, 0) is 16.6 Å². The summed E-state index contributed by atoms with van der Waals surface area (Å²) in [6.07, 6.45) is -0.148. The van der Waals surface area contributed by atoms with E-state index in [9.17, 15) is 31.2 Å². The minimum absolute atomic E-state index is 0.00968. The first-order valence-corrected chi connectivity index (χ1v) is 13.0. The molecule has 3 N–H and O–H groups in total. The Morgan fingerprint density at radius 3 is 2.61 bits per heavy atom. The van der Waals surface area contributed by atoms with Crippen LogP contribution in [0.1, 0.15) is 0 Å². The van der Waals surface area contributed by atoms with Crippen LogP contribution in [0.15, 0.2) is 65.7 Å². The maximum atomic E-state index is 12.3. The van der Waals surface area contributed by atoms with Crippen molar-refractivity contribution in [1.29, 1.82) is 0 Å². The molecule has 15 heteroatoms. The molecule has 0 saturated carbocycles. The van der Waals surface area contributed by atoms with Gasteiger partial charge in [0.25, 0.3) is 5.56 Å². The SMILES string of the molecule is CS(=O)(=O)NCCn1nc(-c2ccn3c(-c4cccc(NC(=O)NCC(F)(F)F)c4)cnc3c2)ccc1=O. The number of halogens is 3. The van der Waals surface area contributed by atoms with Crippen LogP contribution < -0.4 is 20.9 Å². The largest absolute Gasteiger partial charge is 0.405 e. The molecule has 2 amide bonds. The molecular formula is C23H22F3N7O4S. The summed E-state index contributed by atoms with van der Waals surface area (Å²) in [5.74, 6) is 0. The first kappa shape index (κ1) is 26.8. The van der Waals surface area contributed by atoms with E-state index >= 15 is 0 Å². The molecular weight excluding hydrogens is 527 g/mol. The molecule has 0 spiro atoms. The van der Waals surface area contributed by atoms with E-state index in [1.165, 1.54) is 6.07 Å². The zero-order valence-electron chi connectivity index (χ0n) is 19.9. The van der Waals surface area contributed by atoms with Gasteiger partial charge in [-0.2, -0.15) is 18.3 Å². The van der Waals surface area contributed by atoms with Crippen molar-refractivity contribution in [2.24, 2.45) is 0 Å². The van der Waals surface area contributed by atoms with Crippen molar-refractivity contribution < 1.29 is 26.4 Å². The number of sulfonamides is 1. The minimum atomic E-state index is -4.52. The molecule has 0 aliphatic heterocycles. The van der Waals surface area contributed by atoms with Crippen LogP contribution >= 0.6 is 0 Å². The van der Waals surface area contributed by atoms with Crippen LogP contribution in [0.3, 0.4) is 0 Å². The lowest BCUT2D eigenvalue weighted by Gasteiger charge is -2.11. The van der Waals surface area contributed by atoms with Gasteiger partial charge in [0.05, 0.1) is 30.4 Å². The van der Waals surface area contributed by atoms with Crippen LogP contribution in [0.4, 0.5) is 23.7 Å². The first-order chi connectivity index (χ1) is 17.9. The number of imidazole rings is 1. The molecule has 4 aromatic rings. The van der Waals surface area contributed by atoms with E-state index in [4.69, 9.17) is 0 Å². The number of pyridine rings is 1. The number of carbonyl (C=O) groups excluding carboxylic acids is 1.